The van der Waals surface area contributed by atoms with Gasteiger partial charge >= 0.3 is 0 Å². The van der Waals surface area contributed by atoms with E-state index in [2.05, 4.69) is 17.2 Å². The van der Waals surface area contributed by atoms with Gasteiger partial charge in [-0.25, -0.2) is 0 Å². The Morgan fingerprint density at radius 1 is 1.56 bits per heavy atom. The van der Waals surface area contributed by atoms with Gasteiger partial charge < -0.3 is 11.1 Å². The fourth-order valence-corrected chi connectivity index (χ4v) is 1.49. The monoisotopic (exact) mass is 221 g/mol. The van der Waals surface area contributed by atoms with E-state index in [1.54, 1.807) is 6.20 Å². The largest absolute Gasteiger partial charge is 0.370 e. The standard InChI is InChI=1S/C12H19N3O/c1-10(11-5-4-7-14-9-11)15-8-3-2-6-12(13)16/h4-5,7,9-10,15H,2-3,6,8H2,1H3,(H2,13,16). The summed E-state index contributed by atoms with van der Waals surface area (Å²) < 4.78 is 0. The number of carbonyl (C=O) groups is 1. The van der Waals surface area contributed by atoms with Crippen LogP contribution >= 0.6 is 0 Å². The molecule has 0 radical (unpaired) electrons. The smallest absolute Gasteiger partial charge is 0.217 e. The summed E-state index contributed by atoms with van der Waals surface area (Å²) in [5.41, 5.74) is 6.24. The number of primary amides is 1. The first kappa shape index (κ1) is 12.6. The van der Waals surface area contributed by atoms with Crippen molar-refractivity contribution in [2.45, 2.75) is 32.2 Å². The molecule has 0 fully saturated rings. The van der Waals surface area contributed by atoms with E-state index in [9.17, 15) is 4.79 Å². The lowest BCUT2D eigenvalue weighted by molar-refractivity contribution is -0.118. The third kappa shape index (κ3) is 4.89. The summed E-state index contributed by atoms with van der Waals surface area (Å²) >= 11 is 0. The molecule has 0 saturated carbocycles. The number of hydrogen-bond acceptors (Lipinski definition) is 3. The molecule has 1 aromatic rings. The molecule has 88 valence electrons. The van der Waals surface area contributed by atoms with Crippen molar-refractivity contribution in [2.75, 3.05) is 6.54 Å². The Morgan fingerprint density at radius 2 is 2.38 bits per heavy atom. The van der Waals surface area contributed by atoms with Gasteiger partial charge in [-0.3, -0.25) is 9.78 Å². The molecule has 4 nitrogen and oxygen atoms in total. The summed E-state index contributed by atoms with van der Waals surface area (Å²) in [4.78, 5) is 14.6. The highest BCUT2D eigenvalue weighted by Crippen LogP contribution is 2.09. The number of nitrogens with two attached hydrogens (primary N) is 1. The molecule has 0 aliphatic carbocycles. The molecular weight excluding hydrogens is 202 g/mol. The Morgan fingerprint density at radius 3 is 3.00 bits per heavy atom. The Balaban J connectivity index is 2.16. The molecule has 1 amide bonds. The van der Waals surface area contributed by atoms with Crippen LogP contribution in [0.25, 0.3) is 0 Å². The molecule has 16 heavy (non-hydrogen) atoms. The first-order valence-corrected chi connectivity index (χ1v) is 5.62. The normalized spacial score (nSPS) is 12.3. The number of rotatable bonds is 7. The van der Waals surface area contributed by atoms with E-state index in [0.717, 1.165) is 19.4 Å². The lowest BCUT2D eigenvalue weighted by Crippen LogP contribution is -2.20. The highest BCUT2D eigenvalue weighted by molar-refractivity contribution is 5.73. The SMILES string of the molecule is CC(NCCCCC(N)=O)c1cccnc1. The molecule has 0 aromatic carbocycles. The summed E-state index contributed by atoms with van der Waals surface area (Å²) in [6, 6.07) is 4.27. The molecule has 0 spiro atoms. The first-order chi connectivity index (χ1) is 7.70. The maximum atomic E-state index is 10.5. The number of pyridine rings is 1. The summed E-state index contributed by atoms with van der Waals surface area (Å²) in [6.07, 6.45) is 5.92. The van der Waals surface area contributed by atoms with Crippen molar-refractivity contribution in [3.05, 3.63) is 30.1 Å². The van der Waals surface area contributed by atoms with Crippen LogP contribution in [0.3, 0.4) is 0 Å². The Kier molecular flexibility index (Phi) is 5.50. The molecule has 0 bridgehead atoms. The molecule has 1 unspecified atom stereocenters. The van der Waals surface area contributed by atoms with Crippen LogP contribution in [0.15, 0.2) is 24.5 Å². The van der Waals surface area contributed by atoms with Crippen molar-refractivity contribution in [2.24, 2.45) is 5.73 Å². The molecule has 1 aromatic heterocycles. The molecule has 0 aliphatic rings. The molecule has 1 atom stereocenters. The van der Waals surface area contributed by atoms with Crippen molar-refractivity contribution in [3.63, 3.8) is 0 Å². The Hall–Kier alpha value is -1.42. The van der Waals surface area contributed by atoms with Crippen molar-refractivity contribution >= 4 is 5.91 Å². The second kappa shape index (κ2) is 6.95. The zero-order chi connectivity index (χ0) is 11.8. The molecule has 1 rings (SSSR count). The number of carbonyl (C=O) groups excluding carboxylic acids is 1. The summed E-state index contributed by atoms with van der Waals surface area (Å²) in [5.74, 6) is -0.222. The van der Waals surface area contributed by atoms with Crippen LogP contribution in [0.1, 0.15) is 37.8 Å². The molecule has 4 heteroatoms. The number of aromatic nitrogens is 1. The lowest BCUT2D eigenvalue weighted by Gasteiger charge is -2.13. The minimum Gasteiger partial charge on any atom is -0.370 e. The lowest BCUT2D eigenvalue weighted by atomic mass is 10.1. The van der Waals surface area contributed by atoms with Gasteiger partial charge in [0.15, 0.2) is 0 Å². The second-order valence-corrected chi connectivity index (χ2v) is 3.89. The van der Waals surface area contributed by atoms with Crippen LogP contribution in [-0.4, -0.2) is 17.4 Å². The van der Waals surface area contributed by atoms with Gasteiger partial charge in [0, 0.05) is 24.9 Å². The van der Waals surface area contributed by atoms with E-state index in [-0.39, 0.29) is 5.91 Å². The van der Waals surface area contributed by atoms with Crippen LogP contribution in [-0.2, 0) is 4.79 Å². The number of amides is 1. The number of nitrogens with zero attached hydrogens (tertiary/aromatic N) is 1. The zero-order valence-electron chi connectivity index (χ0n) is 9.65. The molecule has 1 heterocycles. The minimum absolute atomic E-state index is 0.222. The van der Waals surface area contributed by atoms with Crippen LogP contribution in [0.5, 0.6) is 0 Å². The molecular formula is C12H19N3O. The van der Waals surface area contributed by atoms with Crippen molar-refractivity contribution < 1.29 is 4.79 Å². The highest BCUT2D eigenvalue weighted by Gasteiger charge is 2.03. The molecule has 3 N–H and O–H groups in total. The van der Waals surface area contributed by atoms with Gasteiger partial charge in [-0.15, -0.1) is 0 Å². The van der Waals surface area contributed by atoms with Crippen molar-refractivity contribution in [1.29, 1.82) is 0 Å². The third-order valence-electron chi connectivity index (χ3n) is 2.48. The van der Waals surface area contributed by atoms with Crippen molar-refractivity contribution in [3.8, 4) is 0 Å². The van der Waals surface area contributed by atoms with Crippen LogP contribution in [0.2, 0.25) is 0 Å². The van der Waals surface area contributed by atoms with Gasteiger partial charge in [0.2, 0.25) is 5.91 Å². The average Bonchev–Trinajstić information content (AvgIpc) is 2.29. The van der Waals surface area contributed by atoms with Crippen LogP contribution < -0.4 is 11.1 Å². The van der Waals surface area contributed by atoms with E-state index in [1.807, 2.05) is 18.3 Å². The fraction of sp³-hybridized carbons (Fsp3) is 0.500. The van der Waals surface area contributed by atoms with Crippen LogP contribution in [0, 0.1) is 0 Å². The maximum absolute atomic E-state index is 10.5. The molecule has 0 saturated heterocycles. The number of nitrogens with one attached hydrogen (secondary N) is 1. The zero-order valence-corrected chi connectivity index (χ0v) is 9.65. The predicted molar refractivity (Wildman–Crippen MR) is 63.7 cm³/mol. The van der Waals surface area contributed by atoms with E-state index in [0.29, 0.717) is 12.5 Å². The van der Waals surface area contributed by atoms with E-state index in [4.69, 9.17) is 5.73 Å². The van der Waals surface area contributed by atoms with Gasteiger partial charge in [0.25, 0.3) is 0 Å². The summed E-state index contributed by atoms with van der Waals surface area (Å²) in [5, 5.41) is 3.38. The fourth-order valence-electron chi connectivity index (χ4n) is 1.49. The van der Waals surface area contributed by atoms with Gasteiger partial charge in [0.1, 0.15) is 0 Å². The van der Waals surface area contributed by atoms with Gasteiger partial charge in [-0.2, -0.15) is 0 Å². The molecule has 0 aliphatic heterocycles. The number of hydrogen-bond donors (Lipinski definition) is 2. The van der Waals surface area contributed by atoms with E-state index < -0.39 is 0 Å². The van der Waals surface area contributed by atoms with Gasteiger partial charge in [0.05, 0.1) is 0 Å². The van der Waals surface area contributed by atoms with E-state index in [1.165, 1.54) is 5.56 Å². The first-order valence-electron chi connectivity index (χ1n) is 5.62. The maximum Gasteiger partial charge on any atom is 0.217 e. The van der Waals surface area contributed by atoms with Crippen molar-refractivity contribution in [1.82, 2.24) is 10.3 Å². The van der Waals surface area contributed by atoms with Gasteiger partial charge in [-0.05, 0) is 37.9 Å². The number of unbranched alkanes of at least 4 members (excludes halogenated alkanes) is 1. The highest BCUT2D eigenvalue weighted by atomic mass is 16.1. The Labute approximate surface area is 96.3 Å². The predicted octanol–water partition coefficient (Wildman–Crippen LogP) is 1.39. The van der Waals surface area contributed by atoms with Crippen LogP contribution in [0.4, 0.5) is 0 Å². The summed E-state index contributed by atoms with van der Waals surface area (Å²) in [6.45, 7) is 2.99. The van der Waals surface area contributed by atoms with E-state index >= 15 is 0 Å². The Bertz CT molecular complexity index is 313. The second-order valence-electron chi connectivity index (χ2n) is 3.89. The quantitative estimate of drug-likeness (QED) is 0.684. The topological polar surface area (TPSA) is 68.0 Å². The minimum atomic E-state index is -0.222. The van der Waals surface area contributed by atoms with Gasteiger partial charge in [-0.1, -0.05) is 6.07 Å². The average molecular weight is 221 g/mol. The third-order valence-corrected chi connectivity index (χ3v) is 2.48. The summed E-state index contributed by atoms with van der Waals surface area (Å²) in [7, 11) is 0.